The van der Waals surface area contributed by atoms with Gasteiger partial charge in [-0.05, 0) is 23.6 Å². The number of quaternary nitrogens is 1. The maximum atomic E-state index is 13.2. The van der Waals surface area contributed by atoms with Crippen molar-refractivity contribution in [1.82, 2.24) is 4.98 Å². The van der Waals surface area contributed by atoms with Gasteiger partial charge in [-0.2, -0.15) is 4.98 Å². The summed E-state index contributed by atoms with van der Waals surface area (Å²) in [5.74, 6) is 0.709. The number of nitrogens with zero attached hydrogens (tertiary/aromatic N) is 2. The minimum absolute atomic E-state index is 0.00616. The Morgan fingerprint density at radius 3 is 2.50 bits per heavy atom. The molecule has 6 nitrogen and oxygen atoms in total. The minimum atomic E-state index is -3.75. The zero-order chi connectivity index (χ0) is 18.1. The molecule has 4 rings (SSSR count). The number of hydrogen-bond acceptors (Lipinski definition) is 6. The van der Waals surface area contributed by atoms with Crippen LogP contribution in [-0.4, -0.2) is 46.6 Å². The highest BCUT2D eigenvalue weighted by atomic mass is 32.2. The third kappa shape index (κ3) is 3.15. The van der Waals surface area contributed by atoms with Gasteiger partial charge >= 0.3 is 0 Å². The van der Waals surface area contributed by atoms with Crippen LogP contribution in [0, 0.1) is 0 Å². The van der Waals surface area contributed by atoms with E-state index in [1.165, 1.54) is 16.2 Å². The van der Waals surface area contributed by atoms with Gasteiger partial charge in [0.15, 0.2) is 0 Å². The summed E-state index contributed by atoms with van der Waals surface area (Å²) in [6.07, 6.45) is 0. The van der Waals surface area contributed by atoms with Crippen LogP contribution in [0.1, 0.15) is 0 Å². The first-order chi connectivity index (χ1) is 12.6. The Balaban J connectivity index is 1.82. The lowest BCUT2D eigenvalue weighted by Crippen LogP contribution is -3.12. The van der Waals surface area contributed by atoms with Gasteiger partial charge < -0.3 is 14.2 Å². The lowest BCUT2D eigenvalue weighted by atomic mass is 10.3. The molecule has 0 aliphatic carbocycles. The van der Waals surface area contributed by atoms with Crippen molar-refractivity contribution in [3.8, 4) is 10.8 Å². The van der Waals surface area contributed by atoms with Crippen LogP contribution in [0.2, 0.25) is 0 Å². The predicted molar refractivity (Wildman–Crippen MR) is 101 cm³/mol. The van der Waals surface area contributed by atoms with E-state index < -0.39 is 9.84 Å². The van der Waals surface area contributed by atoms with Crippen molar-refractivity contribution in [2.24, 2.45) is 0 Å². The van der Waals surface area contributed by atoms with E-state index in [1.54, 1.807) is 30.3 Å². The topological polar surface area (TPSA) is 67.8 Å². The SMILES string of the molecule is C[NH+]1CCN(c2oc(-c3cccs3)nc2S(=O)(=O)c2ccccc2)CC1. The number of likely N-dealkylation sites (N-methyl/N-ethyl adjacent to an activating group) is 1. The van der Waals surface area contributed by atoms with E-state index in [9.17, 15) is 8.42 Å². The number of sulfone groups is 1. The zero-order valence-electron chi connectivity index (χ0n) is 14.4. The van der Waals surface area contributed by atoms with Gasteiger partial charge in [0.05, 0.1) is 43.0 Å². The second-order valence-corrected chi connectivity index (χ2v) is 9.18. The normalized spacial score (nSPS) is 16.1. The van der Waals surface area contributed by atoms with Gasteiger partial charge in [-0.15, -0.1) is 11.3 Å². The molecule has 8 heteroatoms. The van der Waals surface area contributed by atoms with Crippen molar-refractivity contribution in [1.29, 1.82) is 0 Å². The number of thiophene rings is 1. The highest BCUT2D eigenvalue weighted by Gasteiger charge is 2.33. The third-order valence-electron chi connectivity index (χ3n) is 4.52. The lowest BCUT2D eigenvalue weighted by Gasteiger charge is -2.29. The van der Waals surface area contributed by atoms with E-state index in [-0.39, 0.29) is 9.92 Å². The van der Waals surface area contributed by atoms with Crippen LogP contribution in [0.5, 0.6) is 0 Å². The Morgan fingerprint density at radius 2 is 1.85 bits per heavy atom. The molecule has 1 aliphatic heterocycles. The summed E-state index contributed by atoms with van der Waals surface area (Å²) in [6, 6.07) is 12.2. The first-order valence-electron chi connectivity index (χ1n) is 8.47. The second-order valence-electron chi connectivity index (χ2n) is 6.37. The van der Waals surface area contributed by atoms with Crippen LogP contribution < -0.4 is 9.80 Å². The molecule has 0 atom stereocenters. The number of hydrogen-bond donors (Lipinski definition) is 1. The van der Waals surface area contributed by atoms with Gasteiger partial charge in [-0.1, -0.05) is 24.3 Å². The molecule has 2 aromatic heterocycles. The highest BCUT2D eigenvalue weighted by Crippen LogP contribution is 2.35. The predicted octanol–water partition coefficient (Wildman–Crippen LogP) is 1.57. The molecule has 0 radical (unpaired) electrons. The van der Waals surface area contributed by atoms with Crippen molar-refractivity contribution < 1.29 is 17.7 Å². The average Bonchev–Trinajstić information content (AvgIpc) is 3.33. The summed E-state index contributed by atoms with van der Waals surface area (Å²) >= 11 is 1.48. The minimum Gasteiger partial charge on any atom is -0.418 e. The van der Waals surface area contributed by atoms with Crippen LogP contribution in [0.15, 0.2) is 62.2 Å². The number of rotatable bonds is 4. The highest BCUT2D eigenvalue weighted by molar-refractivity contribution is 7.91. The van der Waals surface area contributed by atoms with E-state index in [1.807, 2.05) is 22.4 Å². The van der Waals surface area contributed by atoms with Gasteiger partial charge in [-0.3, -0.25) is 0 Å². The number of nitrogens with one attached hydrogen (secondary N) is 1. The quantitative estimate of drug-likeness (QED) is 0.732. The Labute approximate surface area is 156 Å². The molecule has 0 bridgehead atoms. The molecule has 1 fully saturated rings. The molecule has 0 spiro atoms. The lowest BCUT2D eigenvalue weighted by molar-refractivity contribution is -0.880. The summed E-state index contributed by atoms with van der Waals surface area (Å²) in [7, 11) is -1.62. The van der Waals surface area contributed by atoms with Crippen LogP contribution in [-0.2, 0) is 9.84 Å². The fraction of sp³-hybridized carbons (Fsp3) is 0.278. The molecule has 1 N–H and O–H groups in total. The van der Waals surface area contributed by atoms with Gasteiger partial charge in [-0.25, -0.2) is 8.42 Å². The van der Waals surface area contributed by atoms with Crippen LogP contribution in [0.3, 0.4) is 0 Å². The first kappa shape index (κ1) is 17.3. The van der Waals surface area contributed by atoms with Crippen molar-refractivity contribution in [3.05, 3.63) is 47.8 Å². The Morgan fingerprint density at radius 1 is 1.12 bits per heavy atom. The Bertz CT molecular complexity index is 974. The van der Waals surface area contributed by atoms with Crippen molar-refractivity contribution >= 4 is 27.1 Å². The molecule has 3 heterocycles. The van der Waals surface area contributed by atoms with Gasteiger partial charge in [0.25, 0.3) is 0 Å². The molecule has 26 heavy (non-hydrogen) atoms. The van der Waals surface area contributed by atoms with E-state index in [4.69, 9.17) is 4.42 Å². The maximum Gasteiger partial charge on any atom is 0.240 e. The summed E-state index contributed by atoms with van der Waals surface area (Å²) in [4.78, 5) is 8.87. The summed E-state index contributed by atoms with van der Waals surface area (Å²) < 4.78 is 32.4. The molecule has 0 unspecified atom stereocenters. The Hall–Kier alpha value is -2.16. The van der Waals surface area contributed by atoms with Crippen molar-refractivity contribution in [3.63, 3.8) is 0 Å². The smallest absolute Gasteiger partial charge is 0.240 e. The molecule has 3 aromatic rings. The Kier molecular flexibility index (Phi) is 4.56. The molecular weight excluding hydrogens is 370 g/mol. The maximum absolute atomic E-state index is 13.2. The molecule has 1 saturated heterocycles. The average molecular weight is 391 g/mol. The van der Waals surface area contributed by atoms with E-state index in [0.29, 0.717) is 11.8 Å². The number of oxazole rings is 1. The van der Waals surface area contributed by atoms with Gasteiger partial charge in [0, 0.05) is 0 Å². The van der Waals surface area contributed by atoms with Crippen LogP contribution in [0.25, 0.3) is 10.8 Å². The van der Waals surface area contributed by atoms with Gasteiger partial charge in [0.2, 0.25) is 26.6 Å². The monoisotopic (exact) mass is 390 g/mol. The van der Waals surface area contributed by atoms with Crippen LogP contribution >= 0.6 is 11.3 Å². The third-order valence-corrected chi connectivity index (χ3v) is 7.05. The fourth-order valence-corrected chi connectivity index (χ4v) is 4.97. The number of anilines is 1. The van der Waals surface area contributed by atoms with Crippen LogP contribution in [0.4, 0.5) is 5.88 Å². The number of benzene rings is 1. The van der Waals surface area contributed by atoms with Crippen molar-refractivity contribution in [2.45, 2.75) is 9.92 Å². The number of aromatic nitrogens is 1. The summed E-state index contributed by atoms with van der Waals surface area (Å²) in [5, 5.41) is 1.93. The number of piperazine rings is 1. The molecule has 0 amide bonds. The second kappa shape index (κ2) is 6.86. The molecule has 1 aromatic carbocycles. The van der Waals surface area contributed by atoms with E-state index in [0.717, 1.165) is 31.1 Å². The zero-order valence-corrected chi connectivity index (χ0v) is 16.0. The van der Waals surface area contributed by atoms with Crippen molar-refractivity contribution in [2.75, 3.05) is 38.1 Å². The summed E-state index contributed by atoms with van der Waals surface area (Å²) in [6.45, 7) is 3.34. The molecule has 1 aliphatic rings. The molecule has 136 valence electrons. The standard InChI is InChI=1S/C18H19N3O3S2/c1-20-9-11-21(12-10-20)18-17(19-16(24-18)15-8-5-13-25-15)26(22,23)14-6-3-2-4-7-14/h2-8,13H,9-12H2,1H3/p+1. The first-order valence-corrected chi connectivity index (χ1v) is 10.8. The van der Waals surface area contributed by atoms with E-state index in [2.05, 4.69) is 12.0 Å². The fourth-order valence-electron chi connectivity index (χ4n) is 2.98. The summed E-state index contributed by atoms with van der Waals surface area (Å²) in [5.41, 5.74) is 0. The molecule has 0 saturated carbocycles. The molecular formula is C18H20N3O3S2+. The van der Waals surface area contributed by atoms with E-state index >= 15 is 0 Å². The largest absolute Gasteiger partial charge is 0.418 e. The van der Waals surface area contributed by atoms with Gasteiger partial charge in [0.1, 0.15) is 0 Å².